The van der Waals surface area contributed by atoms with E-state index in [-0.39, 0.29) is 0 Å². The van der Waals surface area contributed by atoms with Crippen LogP contribution < -0.4 is 10.2 Å². The van der Waals surface area contributed by atoms with Gasteiger partial charge >= 0.3 is 0 Å². The van der Waals surface area contributed by atoms with Crippen molar-refractivity contribution in [1.29, 1.82) is 0 Å². The zero-order valence-corrected chi connectivity index (χ0v) is 13.1. The molecule has 19 heavy (non-hydrogen) atoms. The highest BCUT2D eigenvalue weighted by Crippen LogP contribution is 2.27. The van der Waals surface area contributed by atoms with Crippen LogP contribution in [0.15, 0.2) is 10.7 Å². The lowest BCUT2D eigenvalue weighted by Gasteiger charge is -2.32. The van der Waals surface area contributed by atoms with Gasteiger partial charge in [-0.05, 0) is 35.2 Å². The van der Waals surface area contributed by atoms with Crippen LogP contribution in [0.3, 0.4) is 0 Å². The van der Waals surface area contributed by atoms with Gasteiger partial charge in [-0.3, -0.25) is 0 Å². The normalized spacial score (nSPS) is 16.7. The number of rotatable bonds is 5. The summed E-state index contributed by atoms with van der Waals surface area (Å²) in [5.74, 6) is 1.68. The second-order valence-electron chi connectivity index (χ2n) is 4.71. The summed E-state index contributed by atoms with van der Waals surface area (Å²) in [5.41, 5.74) is 0. The highest BCUT2D eigenvalue weighted by Gasteiger charge is 2.21. The third kappa shape index (κ3) is 3.79. The number of anilines is 2. The van der Waals surface area contributed by atoms with Gasteiger partial charge in [0.2, 0.25) is 5.95 Å². The Balaban J connectivity index is 2.06. The maximum Gasteiger partial charge on any atom is 0.224 e. The van der Waals surface area contributed by atoms with Crippen molar-refractivity contribution < 1.29 is 4.74 Å². The van der Waals surface area contributed by atoms with Crippen molar-refractivity contribution in [2.24, 2.45) is 0 Å². The molecule has 1 fully saturated rings. The van der Waals surface area contributed by atoms with Crippen LogP contribution in [0.1, 0.15) is 26.2 Å². The molecule has 2 heterocycles. The number of hydrogen-bond donors (Lipinski definition) is 1. The number of methoxy groups -OCH3 is 1. The van der Waals surface area contributed by atoms with E-state index in [1.807, 2.05) is 6.20 Å². The van der Waals surface area contributed by atoms with Crippen LogP contribution in [0.25, 0.3) is 0 Å². The molecule has 0 radical (unpaired) electrons. The summed E-state index contributed by atoms with van der Waals surface area (Å²) in [6.07, 6.45) is 5.36. The number of piperidine rings is 1. The van der Waals surface area contributed by atoms with Crippen molar-refractivity contribution >= 4 is 27.7 Å². The molecule has 0 spiro atoms. The Morgan fingerprint density at radius 2 is 2.21 bits per heavy atom. The molecule has 1 aromatic rings. The molecular formula is C13H21BrN4O. The van der Waals surface area contributed by atoms with E-state index < -0.39 is 0 Å². The van der Waals surface area contributed by atoms with Gasteiger partial charge in [0.25, 0.3) is 0 Å². The maximum absolute atomic E-state index is 5.40. The Morgan fingerprint density at radius 3 is 2.84 bits per heavy atom. The third-order valence-corrected chi connectivity index (χ3v) is 3.89. The van der Waals surface area contributed by atoms with Gasteiger partial charge in [-0.1, -0.05) is 6.92 Å². The van der Waals surface area contributed by atoms with Gasteiger partial charge in [0, 0.05) is 32.9 Å². The molecule has 0 unspecified atom stereocenters. The van der Waals surface area contributed by atoms with Gasteiger partial charge in [0.15, 0.2) is 0 Å². The van der Waals surface area contributed by atoms with Crippen molar-refractivity contribution in [2.75, 3.05) is 37.0 Å². The van der Waals surface area contributed by atoms with Crippen molar-refractivity contribution in [3.8, 4) is 0 Å². The largest absolute Gasteiger partial charge is 0.381 e. The van der Waals surface area contributed by atoms with Gasteiger partial charge < -0.3 is 15.0 Å². The lowest BCUT2D eigenvalue weighted by atomic mass is 10.1. The van der Waals surface area contributed by atoms with Crippen LogP contribution in [0.2, 0.25) is 0 Å². The summed E-state index contributed by atoms with van der Waals surface area (Å²) in [4.78, 5) is 11.2. The Hall–Kier alpha value is -0.880. The molecule has 0 saturated carbocycles. The SMILES string of the molecule is CCCNc1ncc(Br)c(N2CCC(OC)CC2)n1. The summed E-state index contributed by atoms with van der Waals surface area (Å²) in [6.45, 7) is 4.97. The molecule has 106 valence electrons. The number of aromatic nitrogens is 2. The molecule has 0 aromatic carbocycles. The number of nitrogens with zero attached hydrogens (tertiary/aromatic N) is 3. The predicted molar refractivity (Wildman–Crippen MR) is 80.8 cm³/mol. The van der Waals surface area contributed by atoms with Crippen LogP contribution in [-0.4, -0.2) is 42.8 Å². The maximum atomic E-state index is 5.40. The first-order valence-electron chi connectivity index (χ1n) is 6.78. The van der Waals surface area contributed by atoms with Crippen LogP contribution in [-0.2, 0) is 4.74 Å². The van der Waals surface area contributed by atoms with Crippen LogP contribution >= 0.6 is 15.9 Å². The van der Waals surface area contributed by atoms with E-state index >= 15 is 0 Å². The van der Waals surface area contributed by atoms with Crippen molar-refractivity contribution in [3.05, 3.63) is 10.7 Å². The summed E-state index contributed by atoms with van der Waals surface area (Å²) in [5, 5.41) is 3.23. The zero-order chi connectivity index (χ0) is 13.7. The monoisotopic (exact) mass is 328 g/mol. The molecule has 1 aromatic heterocycles. The molecule has 5 nitrogen and oxygen atoms in total. The topological polar surface area (TPSA) is 50.3 Å². The van der Waals surface area contributed by atoms with Crippen LogP contribution in [0.4, 0.5) is 11.8 Å². The van der Waals surface area contributed by atoms with Crippen LogP contribution in [0.5, 0.6) is 0 Å². The van der Waals surface area contributed by atoms with E-state index in [1.54, 1.807) is 7.11 Å². The zero-order valence-electron chi connectivity index (χ0n) is 11.5. The molecular weight excluding hydrogens is 308 g/mol. The summed E-state index contributed by atoms with van der Waals surface area (Å²) in [7, 11) is 1.79. The first kappa shape index (κ1) is 14.5. The minimum Gasteiger partial charge on any atom is -0.381 e. The Morgan fingerprint density at radius 1 is 1.47 bits per heavy atom. The quantitative estimate of drug-likeness (QED) is 0.900. The van der Waals surface area contributed by atoms with E-state index in [9.17, 15) is 0 Å². The van der Waals surface area contributed by atoms with Crippen LogP contribution in [0, 0.1) is 0 Å². The van der Waals surface area contributed by atoms with E-state index in [1.165, 1.54) is 0 Å². The average Bonchev–Trinajstić information content (AvgIpc) is 2.46. The van der Waals surface area contributed by atoms with Gasteiger partial charge in [0.1, 0.15) is 5.82 Å². The summed E-state index contributed by atoms with van der Waals surface area (Å²) >= 11 is 3.54. The standard InChI is InChI=1S/C13H21BrN4O/c1-3-6-15-13-16-9-11(14)12(17-13)18-7-4-10(19-2)5-8-18/h9-10H,3-8H2,1-2H3,(H,15,16,17). The number of halogens is 1. The highest BCUT2D eigenvalue weighted by molar-refractivity contribution is 9.10. The lowest BCUT2D eigenvalue weighted by molar-refractivity contribution is 0.0818. The summed E-state index contributed by atoms with van der Waals surface area (Å²) in [6, 6.07) is 0. The van der Waals surface area contributed by atoms with Gasteiger partial charge in [0.05, 0.1) is 10.6 Å². The first-order chi connectivity index (χ1) is 9.24. The fourth-order valence-electron chi connectivity index (χ4n) is 2.21. The first-order valence-corrected chi connectivity index (χ1v) is 7.58. The Kier molecular flexibility index (Phi) is 5.39. The fourth-order valence-corrected chi connectivity index (χ4v) is 2.65. The molecule has 0 aliphatic carbocycles. The van der Waals surface area contributed by atoms with Gasteiger partial charge in [-0.25, -0.2) is 4.98 Å². The highest BCUT2D eigenvalue weighted by atomic mass is 79.9. The minimum atomic E-state index is 0.384. The summed E-state index contributed by atoms with van der Waals surface area (Å²) < 4.78 is 6.35. The minimum absolute atomic E-state index is 0.384. The van der Waals surface area contributed by atoms with Crippen molar-refractivity contribution in [2.45, 2.75) is 32.3 Å². The van der Waals surface area contributed by atoms with Gasteiger partial charge in [-0.2, -0.15) is 4.98 Å². The van der Waals surface area contributed by atoms with Crippen molar-refractivity contribution in [1.82, 2.24) is 9.97 Å². The molecule has 0 amide bonds. The molecule has 1 aliphatic rings. The number of ether oxygens (including phenoxy) is 1. The van der Waals surface area contributed by atoms with Gasteiger partial charge in [-0.15, -0.1) is 0 Å². The molecule has 1 saturated heterocycles. The second kappa shape index (κ2) is 7.05. The smallest absolute Gasteiger partial charge is 0.224 e. The van der Waals surface area contributed by atoms with E-state index in [4.69, 9.17) is 4.74 Å². The molecule has 0 atom stereocenters. The molecule has 1 N–H and O–H groups in total. The Bertz CT molecular complexity index is 408. The molecule has 6 heteroatoms. The van der Waals surface area contributed by atoms with E-state index in [0.717, 1.165) is 49.2 Å². The Labute approximate surface area is 122 Å². The lowest BCUT2D eigenvalue weighted by Crippen LogP contribution is -2.37. The van der Waals surface area contributed by atoms with E-state index in [0.29, 0.717) is 12.1 Å². The van der Waals surface area contributed by atoms with E-state index in [2.05, 4.69) is 43.0 Å². The number of nitrogens with one attached hydrogen (secondary N) is 1. The second-order valence-corrected chi connectivity index (χ2v) is 5.57. The molecule has 0 bridgehead atoms. The molecule has 2 rings (SSSR count). The number of hydrogen-bond acceptors (Lipinski definition) is 5. The molecule has 1 aliphatic heterocycles. The fraction of sp³-hybridized carbons (Fsp3) is 0.692. The third-order valence-electron chi connectivity index (χ3n) is 3.33. The predicted octanol–water partition coefficient (Wildman–Crippen LogP) is 2.68. The van der Waals surface area contributed by atoms with Crippen molar-refractivity contribution in [3.63, 3.8) is 0 Å². The average molecular weight is 329 g/mol.